The predicted octanol–water partition coefficient (Wildman–Crippen LogP) is 3.65. The molecule has 0 saturated carbocycles. The number of para-hydroxylation sites is 1. The zero-order valence-electron chi connectivity index (χ0n) is 12.2. The molecule has 2 heteroatoms. The third-order valence-corrected chi connectivity index (χ3v) is 3.10. The van der Waals surface area contributed by atoms with Gasteiger partial charge in [-0.2, -0.15) is 0 Å². The molecule has 1 rings (SSSR count). The molecule has 1 aromatic rings. The number of hydrogen-bond acceptors (Lipinski definition) is 2. The molecule has 1 N–H and O–H groups in total. The minimum Gasteiger partial charge on any atom is -0.496 e. The molecular weight excluding hydrogens is 222 g/mol. The van der Waals surface area contributed by atoms with E-state index in [4.69, 9.17) is 4.74 Å². The Hall–Kier alpha value is -1.02. The molecule has 102 valence electrons. The molecule has 0 aliphatic heterocycles. The van der Waals surface area contributed by atoms with Crippen molar-refractivity contribution in [2.75, 3.05) is 13.7 Å². The molecule has 0 saturated heterocycles. The third-order valence-electron chi connectivity index (χ3n) is 3.10. The molecule has 0 spiro atoms. The second kappa shape index (κ2) is 8.15. The molecule has 0 aliphatic rings. The summed E-state index contributed by atoms with van der Waals surface area (Å²) in [5.74, 6) is 1.72. The molecule has 18 heavy (non-hydrogen) atoms. The molecule has 1 atom stereocenters. The highest BCUT2D eigenvalue weighted by Crippen LogP contribution is 2.20. The number of nitrogens with one attached hydrogen (secondary N) is 1. The van der Waals surface area contributed by atoms with Crippen molar-refractivity contribution in [1.82, 2.24) is 5.32 Å². The Bertz CT molecular complexity index is 336. The minimum absolute atomic E-state index is 0.543. The zero-order valence-corrected chi connectivity index (χ0v) is 12.2. The lowest BCUT2D eigenvalue weighted by Crippen LogP contribution is -2.33. The van der Waals surface area contributed by atoms with Gasteiger partial charge in [0.25, 0.3) is 0 Å². The first-order valence-electron chi connectivity index (χ1n) is 7.02. The van der Waals surface area contributed by atoms with Crippen molar-refractivity contribution in [1.29, 1.82) is 0 Å². The van der Waals surface area contributed by atoms with Crippen molar-refractivity contribution < 1.29 is 4.74 Å². The Balaban J connectivity index is 2.68. The first-order chi connectivity index (χ1) is 8.67. The van der Waals surface area contributed by atoms with Gasteiger partial charge in [0.15, 0.2) is 0 Å². The highest BCUT2D eigenvalue weighted by molar-refractivity contribution is 5.33. The highest BCUT2D eigenvalue weighted by atomic mass is 16.5. The Morgan fingerprint density at radius 1 is 1.22 bits per heavy atom. The van der Waals surface area contributed by atoms with Gasteiger partial charge in [0, 0.05) is 6.04 Å². The van der Waals surface area contributed by atoms with Crippen LogP contribution in [0.25, 0.3) is 0 Å². The fourth-order valence-corrected chi connectivity index (χ4v) is 2.29. The van der Waals surface area contributed by atoms with Gasteiger partial charge in [-0.25, -0.2) is 0 Å². The van der Waals surface area contributed by atoms with Crippen LogP contribution in [0.1, 0.15) is 39.2 Å². The van der Waals surface area contributed by atoms with E-state index in [0.717, 1.165) is 18.7 Å². The van der Waals surface area contributed by atoms with Gasteiger partial charge >= 0.3 is 0 Å². The topological polar surface area (TPSA) is 21.3 Å². The van der Waals surface area contributed by atoms with Gasteiger partial charge < -0.3 is 10.1 Å². The van der Waals surface area contributed by atoms with E-state index < -0.39 is 0 Å². The van der Waals surface area contributed by atoms with Crippen molar-refractivity contribution in [3.63, 3.8) is 0 Å². The lowest BCUT2D eigenvalue weighted by atomic mass is 9.96. The molecule has 0 radical (unpaired) electrons. The molecule has 0 amide bonds. The minimum atomic E-state index is 0.543. The summed E-state index contributed by atoms with van der Waals surface area (Å²) in [5.41, 5.74) is 1.30. The zero-order chi connectivity index (χ0) is 13.4. The Kier molecular flexibility index (Phi) is 6.81. The second-order valence-corrected chi connectivity index (χ2v) is 5.30. The standard InChI is InChI=1S/C16H27NO/c1-5-10-17-15(11-13(2)3)12-14-8-6-7-9-16(14)18-4/h6-9,13,15,17H,5,10-12H2,1-4H3. The number of methoxy groups -OCH3 is 1. The maximum atomic E-state index is 5.43. The molecule has 2 nitrogen and oxygen atoms in total. The molecule has 1 unspecified atom stereocenters. The van der Waals surface area contributed by atoms with Gasteiger partial charge in [-0.3, -0.25) is 0 Å². The summed E-state index contributed by atoms with van der Waals surface area (Å²) in [6, 6.07) is 8.87. The second-order valence-electron chi connectivity index (χ2n) is 5.30. The summed E-state index contributed by atoms with van der Waals surface area (Å²) in [6.07, 6.45) is 3.43. The van der Waals surface area contributed by atoms with Crippen LogP contribution in [0.3, 0.4) is 0 Å². The molecule has 0 aliphatic carbocycles. The lowest BCUT2D eigenvalue weighted by Gasteiger charge is -2.21. The van der Waals surface area contributed by atoms with Crippen LogP contribution >= 0.6 is 0 Å². The fraction of sp³-hybridized carbons (Fsp3) is 0.625. The van der Waals surface area contributed by atoms with Gasteiger partial charge in [0.2, 0.25) is 0 Å². The van der Waals surface area contributed by atoms with Gasteiger partial charge in [0.05, 0.1) is 7.11 Å². The van der Waals surface area contributed by atoms with Gasteiger partial charge in [0.1, 0.15) is 5.75 Å². The van der Waals surface area contributed by atoms with Crippen LogP contribution < -0.4 is 10.1 Å². The molecule has 0 aromatic heterocycles. The van der Waals surface area contributed by atoms with Crippen LogP contribution in [0, 0.1) is 5.92 Å². The number of hydrogen-bond donors (Lipinski definition) is 1. The molecular formula is C16H27NO. The Labute approximate surface area is 112 Å². The monoisotopic (exact) mass is 249 g/mol. The SMILES string of the molecule is CCCNC(Cc1ccccc1OC)CC(C)C. The van der Waals surface area contributed by atoms with Crippen molar-refractivity contribution in [3.05, 3.63) is 29.8 Å². The fourth-order valence-electron chi connectivity index (χ4n) is 2.29. The van der Waals surface area contributed by atoms with Crippen LogP contribution in [0.4, 0.5) is 0 Å². The molecule has 0 fully saturated rings. The molecule has 0 heterocycles. The normalized spacial score (nSPS) is 12.7. The number of ether oxygens (including phenoxy) is 1. The van der Waals surface area contributed by atoms with E-state index in [2.05, 4.69) is 38.2 Å². The maximum Gasteiger partial charge on any atom is 0.122 e. The summed E-state index contributed by atoms with van der Waals surface area (Å²) < 4.78 is 5.43. The Morgan fingerprint density at radius 2 is 1.94 bits per heavy atom. The summed E-state index contributed by atoms with van der Waals surface area (Å²) in [6.45, 7) is 7.86. The van der Waals surface area contributed by atoms with Crippen molar-refractivity contribution in [2.24, 2.45) is 5.92 Å². The van der Waals surface area contributed by atoms with Gasteiger partial charge in [-0.15, -0.1) is 0 Å². The van der Waals surface area contributed by atoms with Crippen molar-refractivity contribution in [2.45, 2.75) is 46.1 Å². The van der Waals surface area contributed by atoms with Crippen LogP contribution in [0.5, 0.6) is 5.75 Å². The average molecular weight is 249 g/mol. The van der Waals surface area contributed by atoms with Crippen molar-refractivity contribution >= 4 is 0 Å². The highest BCUT2D eigenvalue weighted by Gasteiger charge is 2.13. The number of rotatable bonds is 8. The summed E-state index contributed by atoms with van der Waals surface area (Å²) in [5, 5.41) is 3.64. The van der Waals surface area contributed by atoms with Crippen molar-refractivity contribution in [3.8, 4) is 5.75 Å². The van der Waals surface area contributed by atoms with E-state index in [-0.39, 0.29) is 0 Å². The van der Waals surface area contributed by atoms with E-state index in [0.29, 0.717) is 12.0 Å². The van der Waals surface area contributed by atoms with E-state index >= 15 is 0 Å². The first kappa shape index (κ1) is 15.0. The van der Waals surface area contributed by atoms with E-state index in [1.54, 1.807) is 7.11 Å². The van der Waals surface area contributed by atoms with Crippen LogP contribution in [0.15, 0.2) is 24.3 Å². The summed E-state index contributed by atoms with van der Waals surface area (Å²) >= 11 is 0. The summed E-state index contributed by atoms with van der Waals surface area (Å²) in [4.78, 5) is 0. The largest absolute Gasteiger partial charge is 0.496 e. The van der Waals surface area contributed by atoms with Crippen LogP contribution in [-0.2, 0) is 6.42 Å². The smallest absolute Gasteiger partial charge is 0.122 e. The summed E-state index contributed by atoms with van der Waals surface area (Å²) in [7, 11) is 1.75. The van der Waals surface area contributed by atoms with Gasteiger partial charge in [-0.05, 0) is 43.4 Å². The molecule has 1 aromatic carbocycles. The maximum absolute atomic E-state index is 5.43. The lowest BCUT2D eigenvalue weighted by molar-refractivity contribution is 0.390. The number of benzene rings is 1. The van der Waals surface area contributed by atoms with Crippen LogP contribution in [-0.4, -0.2) is 19.7 Å². The first-order valence-corrected chi connectivity index (χ1v) is 7.02. The Morgan fingerprint density at radius 3 is 2.56 bits per heavy atom. The third kappa shape index (κ3) is 5.09. The van der Waals surface area contributed by atoms with Crippen LogP contribution in [0.2, 0.25) is 0 Å². The van der Waals surface area contributed by atoms with E-state index in [1.165, 1.54) is 18.4 Å². The van der Waals surface area contributed by atoms with Gasteiger partial charge in [-0.1, -0.05) is 39.0 Å². The average Bonchev–Trinajstić information content (AvgIpc) is 2.36. The van der Waals surface area contributed by atoms with E-state index in [9.17, 15) is 0 Å². The molecule has 0 bridgehead atoms. The predicted molar refractivity (Wildman–Crippen MR) is 78.2 cm³/mol. The van der Waals surface area contributed by atoms with E-state index in [1.807, 2.05) is 12.1 Å². The quantitative estimate of drug-likeness (QED) is 0.759.